The lowest BCUT2D eigenvalue weighted by molar-refractivity contribution is 0.0920. The number of benzene rings is 2. The molecule has 0 bridgehead atoms. The monoisotopic (exact) mass is 338 g/mol. The quantitative estimate of drug-likeness (QED) is 0.752. The van der Waals surface area contributed by atoms with Crippen molar-refractivity contribution < 1.29 is 9.59 Å². The number of para-hydroxylation sites is 2. The highest BCUT2D eigenvalue weighted by Crippen LogP contribution is 2.15. The Morgan fingerprint density at radius 3 is 2.28 bits per heavy atom. The number of anilines is 2. The molecule has 0 aromatic heterocycles. The van der Waals surface area contributed by atoms with Crippen molar-refractivity contribution in [3.63, 3.8) is 0 Å². The zero-order valence-electron chi connectivity index (χ0n) is 13.9. The number of nitrogens with zero attached hydrogens (tertiary/aromatic N) is 1. The summed E-state index contributed by atoms with van der Waals surface area (Å²) in [6.45, 7) is 1.21. The van der Waals surface area contributed by atoms with Crippen LogP contribution in [-0.4, -0.2) is 36.0 Å². The first-order valence-electron chi connectivity index (χ1n) is 8.40. The van der Waals surface area contributed by atoms with E-state index >= 15 is 0 Å². The molecular weight excluding hydrogens is 316 g/mol. The molecule has 3 amide bonds. The van der Waals surface area contributed by atoms with Gasteiger partial charge in [-0.05, 0) is 37.1 Å². The number of likely N-dealkylation sites (tertiary alicyclic amines) is 1. The maximum Gasteiger partial charge on any atom is 0.321 e. The van der Waals surface area contributed by atoms with Gasteiger partial charge in [-0.3, -0.25) is 4.79 Å². The van der Waals surface area contributed by atoms with E-state index < -0.39 is 0 Å². The van der Waals surface area contributed by atoms with Crippen LogP contribution in [0.15, 0.2) is 54.6 Å². The van der Waals surface area contributed by atoms with Crippen LogP contribution in [0.4, 0.5) is 16.2 Å². The fraction of sp³-hybridized carbons (Fsp3) is 0.263. The zero-order chi connectivity index (χ0) is 17.6. The van der Waals surface area contributed by atoms with Crippen molar-refractivity contribution in [3.8, 4) is 0 Å². The van der Waals surface area contributed by atoms with Crippen molar-refractivity contribution in [1.82, 2.24) is 10.2 Å². The molecule has 0 aliphatic carbocycles. The number of nitrogens with one attached hydrogen (secondary N) is 2. The van der Waals surface area contributed by atoms with Gasteiger partial charge in [-0.1, -0.05) is 30.3 Å². The molecule has 0 radical (unpaired) electrons. The van der Waals surface area contributed by atoms with Crippen molar-refractivity contribution >= 4 is 23.3 Å². The number of nitrogen functional groups attached to an aromatic ring is 1. The second-order valence-corrected chi connectivity index (χ2v) is 6.12. The average Bonchev–Trinajstić information content (AvgIpc) is 2.63. The van der Waals surface area contributed by atoms with E-state index in [1.807, 2.05) is 30.3 Å². The van der Waals surface area contributed by atoms with Crippen LogP contribution in [0, 0.1) is 0 Å². The summed E-state index contributed by atoms with van der Waals surface area (Å²) in [5.41, 5.74) is 7.58. The molecule has 0 unspecified atom stereocenters. The van der Waals surface area contributed by atoms with Crippen molar-refractivity contribution in [3.05, 3.63) is 60.2 Å². The number of piperidine rings is 1. The first-order chi connectivity index (χ1) is 12.1. The van der Waals surface area contributed by atoms with Gasteiger partial charge >= 0.3 is 6.03 Å². The average molecular weight is 338 g/mol. The Bertz CT molecular complexity index is 740. The largest absolute Gasteiger partial charge is 0.398 e. The number of carbonyl (C=O) groups excluding carboxylic acids is 2. The SMILES string of the molecule is Nc1ccccc1C(=O)NC1CCN(C(=O)Nc2ccccc2)CC1. The molecule has 1 aliphatic heterocycles. The molecule has 1 aliphatic rings. The fourth-order valence-corrected chi connectivity index (χ4v) is 2.92. The third kappa shape index (κ3) is 4.29. The van der Waals surface area contributed by atoms with Crippen LogP contribution in [-0.2, 0) is 0 Å². The topological polar surface area (TPSA) is 87.5 Å². The summed E-state index contributed by atoms with van der Waals surface area (Å²) in [6, 6.07) is 16.3. The van der Waals surface area contributed by atoms with Gasteiger partial charge in [-0.15, -0.1) is 0 Å². The van der Waals surface area contributed by atoms with Crippen molar-refractivity contribution in [2.24, 2.45) is 0 Å². The highest BCUT2D eigenvalue weighted by molar-refractivity contribution is 5.99. The summed E-state index contributed by atoms with van der Waals surface area (Å²) < 4.78 is 0. The van der Waals surface area contributed by atoms with Gasteiger partial charge in [-0.2, -0.15) is 0 Å². The number of rotatable bonds is 3. The van der Waals surface area contributed by atoms with E-state index in [0.29, 0.717) is 24.3 Å². The van der Waals surface area contributed by atoms with Gasteiger partial charge in [0.1, 0.15) is 0 Å². The smallest absolute Gasteiger partial charge is 0.321 e. The summed E-state index contributed by atoms with van der Waals surface area (Å²) in [4.78, 5) is 26.4. The second kappa shape index (κ2) is 7.70. The molecule has 2 aromatic rings. The molecule has 6 nitrogen and oxygen atoms in total. The Morgan fingerprint density at radius 1 is 0.960 bits per heavy atom. The van der Waals surface area contributed by atoms with Gasteiger partial charge in [0.2, 0.25) is 0 Å². The number of amides is 3. The minimum Gasteiger partial charge on any atom is -0.398 e. The minimum absolute atomic E-state index is 0.0490. The molecule has 1 saturated heterocycles. The minimum atomic E-state index is -0.162. The van der Waals surface area contributed by atoms with E-state index in [9.17, 15) is 9.59 Å². The molecule has 25 heavy (non-hydrogen) atoms. The Balaban J connectivity index is 1.49. The molecule has 6 heteroatoms. The molecule has 0 spiro atoms. The maximum atomic E-state index is 12.3. The van der Waals surface area contributed by atoms with Gasteiger partial charge in [0, 0.05) is 30.5 Å². The van der Waals surface area contributed by atoms with E-state index in [0.717, 1.165) is 18.5 Å². The standard InChI is InChI=1S/C19H22N4O2/c20-17-9-5-4-8-16(17)18(24)21-15-10-12-23(13-11-15)19(25)22-14-6-2-1-3-7-14/h1-9,15H,10-13,20H2,(H,21,24)(H,22,25). The number of hydrogen-bond acceptors (Lipinski definition) is 3. The molecule has 0 atom stereocenters. The van der Waals surface area contributed by atoms with Gasteiger partial charge in [0.25, 0.3) is 5.91 Å². The second-order valence-electron chi connectivity index (χ2n) is 6.12. The first-order valence-corrected chi connectivity index (χ1v) is 8.40. The number of nitrogens with two attached hydrogens (primary N) is 1. The molecule has 3 rings (SSSR count). The van der Waals surface area contributed by atoms with E-state index in [4.69, 9.17) is 5.73 Å². The predicted molar refractivity (Wildman–Crippen MR) is 98.4 cm³/mol. The third-order valence-corrected chi connectivity index (χ3v) is 4.35. The summed E-state index contributed by atoms with van der Waals surface area (Å²) in [6.07, 6.45) is 1.45. The van der Waals surface area contributed by atoms with E-state index in [2.05, 4.69) is 10.6 Å². The summed E-state index contributed by atoms with van der Waals surface area (Å²) in [7, 11) is 0. The first kappa shape index (κ1) is 16.8. The zero-order valence-corrected chi connectivity index (χ0v) is 13.9. The molecule has 0 saturated carbocycles. The molecular formula is C19H22N4O2. The number of urea groups is 1. The molecule has 130 valence electrons. The van der Waals surface area contributed by atoms with Crippen LogP contribution in [0.5, 0.6) is 0 Å². The van der Waals surface area contributed by atoms with Gasteiger partial charge in [0.05, 0.1) is 5.56 Å². The Kier molecular flexibility index (Phi) is 5.18. The third-order valence-electron chi connectivity index (χ3n) is 4.35. The van der Waals surface area contributed by atoms with Crippen molar-refractivity contribution in [2.75, 3.05) is 24.1 Å². The van der Waals surface area contributed by atoms with Crippen LogP contribution in [0.1, 0.15) is 23.2 Å². The molecule has 1 fully saturated rings. The Morgan fingerprint density at radius 2 is 1.60 bits per heavy atom. The molecule has 2 aromatic carbocycles. The van der Waals surface area contributed by atoms with E-state index in [1.54, 1.807) is 29.2 Å². The molecule has 1 heterocycles. The number of hydrogen-bond donors (Lipinski definition) is 3. The lowest BCUT2D eigenvalue weighted by Crippen LogP contribution is -2.47. The Labute approximate surface area is 147 Å². The van der Waals surface area contributed by atoms with Crippen LogP contribution in [0.3, 0.4) is 0 Å². The lowest BCUT2D eigenvalue weighted by atomic mass is 10.0. The van der Waals surface area contributed by atoms with Crippen LogP contribution in [0.2, 0.25) is 0 Å². The highest BCUT2D eigenvalue weighted by atomic mass is 16.2. The summed E-state index contributed by atoms with van der Waals surface area (Å²) >= 11 is 0. The van der Waals surface area contributed by atoms with E-state index in [1.165, 1.54) is 0 Å². The number of carbonyl (C=O) groups is 2. The molecule has 4 N–H and O–H groups in total. The van der Waals surface area contributed by atoms with Crippen molar-refractivity contribution in [1.29, 1.82) is 0 Å². The maximum absolute atomic E-state index is 12.3. The van der Waals surface area contributed by atoms with Gasteiger partial charge in [0.15, 0.2) is 0 Å². The van der Waals surface area contributed by atoms with Crippen LogP contribution >= 0.6 is 0 Å². The lowest BCUT2D eigenvalue weighted by Gasteiger charge is -2.32. The normalized spacial score (nSPS) is 14.8. The summed E-state index contributed by atoms with van der Waals surface area (Å²) in [5.74, 6) is -0.162. The summed E-state index contributed by atoms with van der Waals surface area (Å²) in [5, 5.41) is 5.89. The van der Waals surface area contributed by atoms with Gasteiger partial charge < -0.3 is 21.3 Å². The van der Waals surface area contributed by atoms with Crippen LogP contribution in [0.25, 0.3) is 0 Å². The van der Waals surface area contributed by atoms with Crippen LogP contribution < -0.4 is 16.4 Å². The van der Waals surface area contributed by atoms with E-state index in [-0.39, 0.29) is 18.0 Å². The highest BCUT2D eigenvalue weighted by Gasteiger charge is 2.24. The van der Waals surface area contributed by atoms with Crippen molar-refractivity contribution in [2.45, 2.75) is 18.9 Å². The van der Waals surface area contributed by atoms with Gasteiger partial charge in [-0.25, -0.2) is 4.79 Å². The fourth-order valence-electron chi connectivity index (χ4n) is 2.92. The Hall–Kier alpha value is -3.02. The predicted octanol–water partition coefficient (Wildman–Crippen LogP) is 2.70.